The minimum absolute atomic E-state index is 0.317. The van der Waals surface area contributed by atoms with Gasteiger partial charge in [0.25, 0.3) is 0 Å². The number of anilines is 5. The Labute approximate surface area is 238 Å². The van der Waals surface area contributed by atoms with Crippen LogP contribution in [-0.2, 0) is 18.0 Å². The predicted octanol–water partition coefficient (Wildman–Crippen LogP) is 4.69. The van der Waals surface area contributed by atoms with E-state index in [1.165, 1.54) is 0 Å². The molecule has 0 aliphatic carbocycles. The molecule has 0 bridgehead atoms. The van der Waals surface area contributed by atoms with Crippen molar-refractivity contribution in [2.45, 2.75) is 6.42 Å². The van der Waals surface area contributed by atoms with E-state index in [0.717, 1.165) is 35.6 Å². The highest BCUT2D eigenvalue weighted by molar-refractivity contribution is 9.10. The summed E-state index contributed by atoms with van der Waals surface area (Å²) in [6.45, 7) is 4.16. The number of aryl methyl sites for hydroxylation is 1. The number of nitrogens with one attached hydrogen (secondary N) is 3. The molecule has 5 heterocycles. The van der Waals surface area contributed by atoms with Crippen molar-refractivity contribution in [1.29, 1.82) is 0 Å². The SMILES string of the molecule is COc1nc2c(cc1Nc1ncc(Br)c(Nc3ccc4nccnc4c3P(C)(C)=O)n1)-c1cnn(C)c1CCN2. The number of benzene rings is 1. The van der Waals surface area contributed by atoms with Crippen LogP contribution < -0.4 is 26.0 Å². The fraction of sp³-hybridized carbons (Fsp3) is 0.231. The molecule has 0 saturated heterocycles. The Morgan fingerprint density at radius 2 is 1.88 bits per heavy atom. The van der Waals surface area contributed by atoms with Gasteiger partial charge in [-0.3, -0.25) is 14.6 Å². The van der Waals surface area contributed by atoms with Gasteiger partial charge in [0.2, 0.25) is 11.8 Å². The summed E-state index contributed by atoms with van der Waals surface area (Å²) in [5, 5.41) is 15.0. The van der Waals surface area contributed by atoms with Crippen LogP contribution in [0.25, 0.3) is 22.2 Å². The molecule has 40 heavy (non-hydrogen) atoms. The topological polar surface area (TPSA) is 145 Å². The summed E-state index contributed by atoms with van der Waals surface area (Å²) in [5.41, 5.74) is 5.53. The Balaban J connectivity index is 1.38. The Hall–Kier alpha value is -4.09. The van der Waals surface area contributed by atoms with Gasteiger partial charge in [-0.25, -0.2) is 4.98 Å². The lowest BCUT2D eigenvalue weighted by Crippen LogP contribution is -2.14. The van der Waals surface area contributed by atoms with E-state index in [0.29, 0.717) is 49.8 Å². The van der Waals surface area contributed by atoms with Crippen LogP contribution in [-0.4, -0.2) is 61.7 Å². The van der Waals surface area contributed by atoms with Crippen molar-refractivity contribution in [1.82, 2.24) is 34.7 Å². The molecule has 6 rings (SSSR count). The lowest BCUT2D eigenvalue weighted by molar-refractivity contribution is 0.400. The average molecular weight is 621 g/mol. The van der Waals surface area contributed by atoms with Gasteiger partial charge in [0.15, 0.2) is 0 Å². The highest BCUT2D eigenvalue weighted by atomic mass is 79.9. The van der Waals surface area contributed by atoms with Crippen LogP contribution in [0.15, 0.2) is 47.5 Å². The standard InChI is InChI=1S/C26H26BrN10O2P/c1-37-20-7-8-30-23-14(15(20)12-32-37)11-19(25(35-23)39-2)34-26-31-13-16(27)24(36-26)33-18-6-5-17-21(29-10-9-28-17)22(18)40(3,4)38/h5-6,9-13H,7-8H2,1-4H3,(H,30,35)(H2,31,33,34,36). The Bertz CT molecular complexity index is 1820. The minimum atomic E-state index is -2.75. The maximum atomic E-state index is 13.3. The predicted molar refractivity (Wildman–Crippen MR) is 160 cm³/mol. The smallest absolute Gasteiger partial charge is 0.239 e. The zero-order valence-electron chi connectivity index (χ0n) is 22.2. The van der Waals surface area contributed by atoms with Gasteiger partial charge < -0.3 is 25.3 Å². The summed E-state index contributed by atoms with van der Waals surface area (Å²) in [7, 11) is 0.760. The fourth-order valence-corrected chi connectivity index (χ4v) is 6.48. The fourth-order valence-electron chi connectivity index (χ4n) is 4.80. The van der Waals surface area contributed by atoms with E-state index < -0.39 is 7.14 Å². The molecule has 5 aromatic rings. The number of rotatable bonds is 6. The first kappa shape index (κ1) is 26.1. The summed E-state index contributed by atoms with van der Waals surface area (Å²) in [6, 6.07) is 5.64. The zero-order chi connectivity index (χ0) is 28.0. The summed E-state index contributed by atoms with van der Waals surface area (Å²) >= 11 is 3.54. The minimum Gasteiger partial charge on any atom is -0.479 e. The third-order valence-corrected chi connectivity index (χ3v) is 8.69. The molecule has 0 amide bonds. The second-order valence-corrected chi connectivity index (χ2v) is 13.6. The number of nitrogens with zero attached hydrogens (tertiary/aromatic N) is 7. The van der Waals surface area contributed by atoms with Crippen LogP contribution in [0.1, 0.15) is 5.69 Å². The first-order valence-electron chi connectivity index (χ1n) is 12.4. The van der Waals surface area contributed by atoms with Gasteiger partial charge in [-0.1, -0.05) is 0 Å². The Morgan fingerprint density at radius 3 is 2.67 bits per heavy atom. The van der Waals surface area contributed by atoms with Crippen LogP contribution in [0.2, 0.25) is 0 Å². The van der Waals surface area contributed by atoms with Crippen LogP contribution in [0, 0.1) is 0 Å². The van der Waals surface area contributed by atoms with Gasteiger partial charge in [-0.2, -0.15) is 15.1 Å². The van der Waals surface area contributed by atoms with Crippen molar-refractivity contribution in [2.24, 2.45) is 7.05 Å². The summed E-state index contributed by atoms with van der Waals surface area (Å²) in [6.07, 6.45) is 7.52. The maximum absolute atomic E-state index is 13.3. The van der Waals surface area contributed by atoms with Gasteiger partial charge in [0, 0.05) is 55.4 Å². The summed E-state index contributed by atoms with van der Waals surface area (Å²) in [5.74, 6) is 1.92. The second kappa shape index (κ2) is 10.1. The van der Waals surface area contributed by atoms with Gasteiger partial charge in [0.1, 0.15) is 30.0 Å². The first-order chi connectivity index (χ1) is 19.2. The van der Waals surface area contributed by atoms with Gasteiger partial charge in [0.05, 0.1) is 34.3 Å². The molecule has 0 unspecified atom stereocenters. The number of aromatic nitrogens is 7. The second-order valence-electron chi connectivity index (χ2n) is 9.62. The van der Waals surface area contributed by atoms with E-state index in [4.69, 9.17) is 14.7 Å². The van der Waals surface area contributed by atoms with E-state index in [9.17, 15) is 4.57 Å². The molecule has 4 aromatic heterocycles. The van der Waals surface area contributed by atoms with Crippen LogP contribution in [0.4, 0.5) is 29.0 Å². The number of hydrogen-bond donors (Lipinski definition) is 3. The third-order valence-electron chi connectivity index (χ3n) is 6.58. The van der Waals surface area contributed by atoms with Crippen molar-refractivity contribution >= 4 is 68.4 Å². The summed E-state index contributed by atoms with van der Waals surface area (Å²) < 4.78 is 21.5. The van der Waals surface area contributed by atoms with Crippen molar-refractivity contribution in [3.05, 3.63) is 53.2 Å². The molecule has 0 radical (unpaired) electrons. The Morgan fingerprint density at radius 1 is 1.05 bits per heavy atom. The molecule has 1 aromatic carbocycles. The maximum Gasteiger partial charge on any atom is 0.239 e. The first-order valence-corrected chi connectivity index (χ1v) is 15.8. The van der Waals surface area contributed by atoms with Crippen LogP contribution in [0.3, 0.4) is 0 Å². The molecule has 1 aliphatic heterocycles. The number of pyridine rings is 1. The van der Waals surface area contributed by atoms with E-state index in [2.05, 4.69) is 51.9 Å². The van der Waals surface area contributed by atoms with Crippen LogP contribution >= 0.6 is 23.1 Å². The molecule has 0 spiro atoms. The zero-order valence-corrected chi connectivity index (χ0v) is 24.7. The quantitative estimate of drug-likeness (QED) is 0.227. The van der Waals surface area contributed by atoms with Gasteiger partial charge in [-0.05, 0) is 47.5 Å². The van der Waals surface area contributed by atoms with E-state index in [1.54, 1.807) is 39.0 Å². The molecule has 3 N–H and O–H groups in total. The van der Waals surface area contributed by atoms with E-state index in [1.807, 2.05) is 36.1 Å². The van der Waals surface area contributed by atoms with Crippen LogP contribution in [0.5, 0.6) is 5.88 Å². The summed E-state index contributed by atoms with van der Waals surface area (Å²) in [4.78, 5) is 22.7. The van der Waals surface area contributed by atoms with Crippen molar-refractivity contribution in [3.8, 4) is 17.0 Å². The molecule has 1 aliphatic rings. The lowest BCUT2D eigenvalue weighted by Gasteiger charge is -2.18. The molecular formula is C26H26BrN10O2P. The van der Waals surface area contributed by atoms with Gasteiger partial charge in [-0.15, -0.1) is 0 Å². The third kappa shape index (κ3) is 4.75. The highest BCUT2D eigenvalue weighted by Crippen LogP contribution is 2.42. The van der Waals surface area contributed by atoms with Crippen molar-refractivity contribution < 1.29 is 9.30 Å². The average Bonchev–Trinajstić information content (AvgIpc) is 3.19. The van der Waals surface area contributed by atoms with Crippen molar-refractivity contribution in [3.63, 3.8) is 0 Å². The molecular weight excluding hydrogens is 595 g/mol. The van der Waals surface area contributed by atoms with E-state index >= 15 is 0 Å². The monoisotopic (exact) mass is 620 g/mol. The van der Waals surface area contributed by atoms with Gasteiger partial charge >= 0.3 is 0 Å². The Kier molecular flexibility index (Phi) is 6.63. The number of hydrogen-bond acceptors (Lipinski definition) is 11. The molecule has 0 fully saturated rings. The molecule has 0 saturated carbocycles. The molecule has 12 nitrogen and oxygen atoms in total. The number of fused-ring (bicyclic) bond motifs is 4. The van der Waals surface area contributed by atoms with Crippen molar-refractivity contribution in [2.75, 3.05) is 42.9 Å². The molecule has 14 heteroatoms. The number of halogens is 1. The highest BCUT2D eigenvalue weighted by Gasteiger charge is 2.24. The largest absolute Gasteiger partial charge is 0.479 e. The number of methoxy groups -OCH3 is 1. The van der Waals surface area contributed by atoms with E-state index in [-0.39, 0.29) is 0 Å². The number of ether oxygens (including phenoxy) is 1. The molecule has 0 atom stereocenters. The normalized spacial score (nSPS) is 12.7. The lowest BCUT2D eigenvalue weighted by atomic mass is 10.1. The molecule has 204 valence electrons.